The molecule has 0 aliphatic carbocycles. The summed E-state index contributed by atoms with van der Waals surface area (Å²) < 4.78 is 16.1. The summed E-state index contributed by atoms with van der Waals surface area (Å²) >= 11 is 0. The zero-order chi connectivity index (χ0) is 22.4. The summed E-state index contributed by atoms with van der Waals surface area (Å²) in [6, 6.07) is 5.64. The highest BCUT2D eigenvalue weighted by Crippen LogP contribution is 2.39. The van der Waals surface area contributed by atoms with E-state index in [0.29, 0.717) is 0 Å². The normalized spacial score (nSPS) is 23.3. The molecule has 1 unspecified atom stereocenters. The average Bonchev–Trinajstić information content (AvgIpc) is 2.99. The molecule has 7 N–H and O–H groups in total. The van der Waals surface area contributed by atoms with Gasteiger partial charge in [0, 0.05) is 17.7 Å². The monoisotopic (exact) mass is 434 g/mol. The van der Waals surface area contributed by atoms with E-state index in [2.05, 4.69) is 0 Å². The van der Waals surface area contributed by atoms with Gasteiger partial charge >= 0.3 is 0 Å². The lowest BCUT2D eigenvalue weighted by Gasteiger charge is -2.18. The standard InChI is InChI=1S/C20H18O11/c21-6-13-15(25)18(28)20(31-13)30-11-3-7(1-2-9(11)23)19-17(27)16(26)14-10(24)4-8(22)5-12(14)29-19/h1-5,13,15,18,20-25,27-28H,6H2/t13-,15-,18+,20?/m1/s1. The van der Waals surface area contributed by atoms with Gasteiger partial charge < -0.3 is 49.6 Å². The molecule has 0 saturated carbocycles. The Labute approximate surface area is 173 Å². The van der Waals surface area contributed by atoms with Crippen molar-refractivity contribution in [3.05, 3.63) is 40.6 Å². The molecule has 0 amide bonds. The van der Waals surface area contributed by atoms with Gasteiger partial charge in [0.1, 0.15) is 40.8 Å². The van der Waals surface area contributed by atoms with Crippen LogP contribution >= 0.6 is 0 Å². The lowest BCUT2D eigenvalue weighted by atomic mass is 10.1. The molecule has 1 saturated heterocycles. The molecule has 11 nitrogen and oxygen atoms in total. The van der Waals surface area contributed by atoms with Crippen molar-refractivity contribution >= 4 is 11.0 Å². The van der Waals surface area contributed by atoms with Crippen molar-refractivity contribution < 1.29 is 49.6 Å². The van der Waals surface area contributed by atoms with Crippen molar-refractivity contribution in [1.29, 1.82) is 0 Å². The third-order valence-electron chi connectivity index (χ3n) is 4.90. The van der Waals surface area contributed by atoms with Crippen molar-refractivity contribution in [2.75, 3.05) is 6.61 Å². The van der Waals surface area contributed by atoms with E-state index in [9.17, 15) is 35.4 Å². The molecular weight excluding hydrogens is 416 g/mol. The summed E-state index contributed by atoms with van der Waals surface area (Å²) in [6.45, 7) is -0.570. The van der Waals surface area contributed by atoms with E-state index in [1.54, 1.807) is 0 Å². The van der Waals surface area contributed by atoms with Gasteiger partial charge in [0.2, 0.25) is 17.5 Å². The second kappa shape index (κ2) is 7.63. The molecule has 0 radical (unpaired) electrons. The highest BCUT2D eigenvalue weighted by Gasteiger charge is 2.44. The number of aromatic hydroxyl groups is 4. The Morgan fingerprint density at radius 2 is 1.71 bits per heavy atom. The van der Waals surface area contributed by atoms with Crippen LogP contribution in [0.1, 0.15) is 0 Å². The molecule has 1 fully saturated rings. The highest BCUT2D eigenvalue weighted by molar-refractivity contribution is 5.88. The average molecular weight is 434 g/mol. The predicted molar refractivity (Wildman–Crippen MR) is 103 cm³/mol. The van der Waals surface area contributed by atoms with Gasteiger partial charge in [0.05, 0.1) is 6.61 Å². The molecule has 164 valence electrons. The van der Waals surface area contributed by atoms with Gasteiger partial charge in [0.25, 0.3) is 0 Å². The molecule has 1 aromatic heterocycles. The van der Waals surface area contributed by atoms with Crippen LogP contribution < -0.4 is 10.2 Å². The van der Waals surface area contributed by atoms with Crippen molar-refractivity contribution in [3.63, 3.8) is 0 Å². The summed E-state index contributed by atoms with van der Waals surface area (Å²) in [5.41, 5.74) is -1.08. The molecule has 3 aromatic rings. The number of benzene rings is 2. The first-order valence-corrected chi connectivity index (χ1v) is 9.05. The maximum Gasteiger partial charge on any atom is 0.238 e. The lowest BCUT2D eigenvalue weighted by molar-refractivity contribution is -0.117. The number of hydrogen-bond donors (Lipinski definition) is 7. The third-order valence-corrected chi connectivity index (χ3v) is 4.90. The molecular formula is C20H18O11. The van der Waals surface area contributed by atoms with E-state index < -0.39 is 48.1 Å². The number of ether oxygens (including phenoxy) is 2. The van der Waals surface area contributed by atoms with E-state index in [4.69, 9.17) is 19.0 Å². The van der Waals surface area contributed by atoms with Crippen LogP contribution in [0, 0.1) is 0 Å². The number of phenols is 3. The first-order valence-electron chi connectivity index (χ1n) is 9.05. The molecule has 2 aromatic carbocycles. The molecule has 4 rings (SSSR count). The minimum atomic E-state index is -1.52. The largest absolute Gasteiger partial charge is 0.508 e. The van der Waals surface area contributed by atoms with Crippen molar-refractivity contribution in [2.45, 2.75) is 24.6 Å². The molecule has 4 atom stereocenters. The number of fused-ring (bicyclic) bond motifs is 1. The number of aliphatic hydroxyl groups is 3. The van der Waals surface area contributed by atoms with Gasteiger partial charge in [-0.25, -0.2) is 0 Å². The predicted octanol–water partition coefficient (Wildman–Crippen LogP) is 0.100. The third kappa shape index (κ3) is 3.49. The van der Waals surface area contributed by atoms with E-state index in [1.165, 1.54) is 12.1 Å². The second-order valence-corrected chi connectivity index (χ2v) is 6.95. The van der Waals surface area contributed by atoms with Crippen LogP contribution in [-0.2, 0) is 4.74 Å². The zero-order valence-corrected chi connectivity index (χ0v) is 15.7. The number of hydrogen-bond acceptors (Lipinski definition) is 11. The van der Waals surface area contributed by atoms with Crippen molar-refractivity contribution in [1.82, 2.24) is 0 Å². The van der Waals surface area contributed by atoms with Gasteiger partial charge in [-0.2, -0.15) is 0 Å². The molecule has 0 bridgehead atoms. The molecule has 0 spiro atoms. The Morgan fingerprint density at radius 3 is 2.39 bits per heavy atom. The van der Waals surface area contributed by atoms with E-state index in [-0.39, 0.29) is 39.5 Å². The number of rotatable bonds is 4. The summed E-state index contributed by atoms with van der Waals surface area (Å²) in [7, 11) is 0. The second-order valence-electron chi connectivity index (χ2n) is 6.95. The Bertz CT molecular complexity index is 1200. The molecule has 11 heteroatoms. The van der Waals surface area contributed by atoms with Gasteiger partial charge in [0.15, 0.2) is 17.3 Å². The number of phenolic OH excluding ortho intramolecular Hbond substituents is 3. The topological polar surface area (TPSA) is 190 Å². The lowest BCUT2D eigenvalue weighted by Crippen LogP contribution is -2.35. The fourth-order valence-corrected chi connectivity index (χ4v) is 3.31. The Balaban J connectivity index is 1.76. The molecule has 1 aliphatic rings. The van der Waals surface area contributed by atoms with Gasteiger partial charge in [-0.15, -0.1) is 0 Å². The highest BCUT2D eigenvalue weighted by atomic mass is 16.7. The minimum Gasteiger partial charge on any atom is -0.508 e. The quantitative estimate of drug-likeness (QED) is 0.295. The Hall–Kier alpha value is -3.51. The van der Waals surface area contributed by atoms with Gasteiger partial charge in [-0.1, -0.05) is 0 Å². The van der Waals surface area contributed by atoms with Crippen molar-refractivity contribution in [3.8, 4) is 40.1 Å². The van der Waals surface area contributed by atoms with Gasteiger partial charge in [-0.3, -0.25) is 4.79 Å². The van der Waals surface area contributed by atoms with Crippen LogP contribution in [0.5, 0.6) is 28.7 Å². The van der Waals surface area contributed by atoms with Crippen LogP contribution in [0.2, 0.25) is 0 Å². The summed E-state index contributed by atoms with van der Waals surface area (Å²) in [5.74, 6) is -2.76. The molecule has 1 aliphatic heterocycles. The molecule has 31 heavy (non-hydrogen) atoms. The maximum absolute atomic E-state index is 12.5. The van der Waals surface area contributed by atoms with Crippen LogP contribution in [0.3, 0.4) is 0 Å². The zero-order valence-electron chi connectivity index (χ0n) is 15.7. The fraction of sp³-hybridized carbons (Fsp3) is 0.250. The van der Waals surface area contributed by atoms with Crippen LogP contribution in [0.25, 0.3) is 22.3 Å². The van der Waals surface area contributed by atoms with E-state index >= 15 is 0 Å². The molecule has 2 heterocycles. The smallest absolute Gasteiger partial charge is 0.238 e. The SMILES string of the molecule is O=c1c(O)c(-c2ccc(O)c(OC3O[C@H](CO)[C@@H](O)[C@@H]3O)c2)oc2cc(O)cc(O)c12. The Kier molecular flexibility index (Phi) is 5.11. The van der Waals surface area contributed by atoms with Crippen LogP contribution in [0.4, 0.5) is 0 Å². The van der Waals surface area contributed by atoms with Crippen molar-refractivity contribution in [2.24, 2.45) is 0 Å². The van der Waals surface area contributed by atoms with Crippen LogP contribution in [-0.4, -0.2) is 67.0 Å². The summed E-state index contributed by atoms with van der Waals surface area (Å²) in [4.78, 5) is 12.5. The van der Waals surface area contributed by atoms with E-state index in [0.717, 1.165) is 18.2 Å². The van der Waals surface area contributed by atoms with Gasteiger partial charge in [-0.05, 0) is 18.2 Å². The number of aliphatic hydroxyl groups excluding tert-OH is 3. The van der Waals surface area contributed by atoms with E-state index in [1.807, 2.05) is 0 Å². The first kappa shape index (κ1) is 20.8. The Morgan fingerprint density at radius 1 is 0.968 bits per heavy atom. The fourth-order valence-electron chi connectivity index (χ4n) is 3.31. The summed E-state index contributed by atoms with van der Waals surface area (Å²) in [5, 5.41) is 68.6. The minimum absolute atomic E-state index is 0.0684. The summed E-state index contributed by atoms with van der Waals surface area (Å²) in [6.07, 6.45) is -5.44. The maximum atomic E-state index is 12.5. The van der Waals surface area contributed by atoms with Crippen LogP contribution in [0.15, 0.2) is 39.5 Å². The first-order chi connectivity index (χ1) is 14.7.